The molecule has 0 unspecified atom stereocenters. The molecule has 2 rings (SSSR count). The zero-order chi connectivity index (χ0) is 10.8. The highest BCUT2D eigenvalue weighted by Crippen LogP contribution is 2.18. The molecule has 0 amide bonds. The summed E-state index contributed by atoms with van der Waals surface area (Å²) in [5.74, 6) is 0. The van der Waals surface area contributed by atoms with Gasteiger partial charge in [-0.1, -0.05) is 39.7 Å². The fraction of sp³-hybridized carbons (Fsp3) is 0.182. The zero-order valence-electron chi connectivity index (χ0n) is 8.24. The van der Waals surface area contributed by atoms with Crippen LogP contribution in [-0.2, 0) is 5.33 Å². The van der Waals surface area contributed by atoms with Gasteiger partial charge in [-0.05, 0) is 24.1 Å². The Hall–Kier alpha value is -0.800. The first-order valence-corrected chi connectivity index (χ1v) is 6.06. The van der Waals surface area contributed by atoms with Gasteiger partial charge in [-0.15, -0.1) is 0 Å². The Balaban J connectivity index is 2.45. The third kappa shape index (κ3) is 2.24. The van der Waals surface area contributed by atoms with Gasteiger partial charge in [0, 0.05) is 11.5 Å². The summed E-state index contributed by atoms with van der Waals surface area (Å²) in [7, 11) is 0. The van der Waals surface area contributed by atoms with Gasteiger partial charge in [0.05, 0.1) is 16.9 Å². The Labute approximate surface area is 102 Å². The monoisotopic (exact) mass is 284 g/mol. The average molecular weight is 286 g/mol. The van der Waals surface area contributed by atoms with E-state index in [-0.39, 0.29) is 0 Å². The van der Waals surface area contributed by atoms with Crippen molar-refractivity contribution in [3.05, 3.63) is 46.7 Å². The molecule has 78 valence electrons. The second kappa shape index (κ2) is 4.37. The highest BCUT2D eigenvalue weighted by molar-refractivity contribution is 9.08. The molecule has 4 heteroatoms. The normalized spacial score (nSPS) is 10.6. The molecule has 0 radical (unpaired) electrons. The van der Waals surface area contributed by atoms with E-state index < -0.39 is 0 Å². The lowest BCUT2D eigenvalue weighted by Gasteiger charge is -2.06. The Morgan fingerprint density at radius 1 is 1.47 bits per heavy atom. The van der Waals surface area contributed by atoms with Gasteiger partial charge >= 0.3 is 0 Å². The van der Waals surface area contributed by atoms with Crippen molar-refractivity contribution in [2.75, 3.05) is 0 Å². The molecule has 0 saturated heterocycles. The second-order valence-electron chi connectivity index (χ2n) is 3.36. The van der Waals surface area contributed by atoms with Crippen LogP contribution in [0.4, 0.5) is 0 Å². The van der Waals surface area contributed by atoms with Gasteiger partial charge in [0.25, 0.3) is 0 Å². The quantitative estimate of drug-likeness (QED) is 0.769. The predicted molar refractivity (Wildman–Crippen MR) is 65.9 cm³/mol. The Bertz CT molecular complexity index is 479. The van der Waals surface area contributed by atoms with E-state index in [1.165, 1.54) is 11.1 Å². The van der Waals surface area contributed by atoms with Crippen molar-refractivity contribution < 1.29 is 0 Å². The van der Waals surface area contributed by atoms with Crippen LogP contribution in [0.5, 0.6) is 0 Å². The van der Waals surface area contributed by atoms with Gasteiger partial charge < -0.3 is 0 Å². The molecule has 0 N–H and O–H groups in total. The summed E-state index contributed by atoms with van der Waals surface area (Å²) in [6.45, 7) is 2.07. The lowest BCUT2D eigenvalue weighted by atomic mass is 10.1. The maximum Gasteiger partial charge on any atom is 0.0790 e. The molecule has 2 nitrogen and oxygen atoms in total. The van der Waals surface area contributed by atoms with Gasteiger partial charge in [0.15, 0.2) is 0 Å². The van der Waals surface area contributed by atoms with Gasteiger partial charge in [-0.25, -0.2) is 4.68 Å². The van der Waals surface area contributed by atoms with E-state index in [1.807, 2.05) is 0 Å². The summed E-state index contributed by atoms with van der Waals surface area (Å²) < 4.78 is 1.79. The Kier molecular flexibility index (Phi) is 3.12. The SMILES string of the molecule is Cc1cc(CBr)ccc1-n1cc(Cl)cn1. The van der Waals surface area contributed by atoms with Crippen LogP contribution in [0.1, 0.15) is 11.1 Å². The molecule has 0 fully saturated rings. The van der Waals surface area contributed by atoms with Crippen molar-refractivity contribution in [2.45, 2.75) is 12.3 Å². The number of aromatic nitrogens is 2. The summed E-state index contributed by atoms with van der Waals surface area (Å²) in [6.07, 6.45) is 3.44. The van der Waals surface area contributed by atoms with E-state index in [0.29, 0.717) is 5.02 Å². The van der Waals surface area contributed by atoms with Crippen molar-refractivity contribution in [3.63, 3.8) is 0 Å². The smallest absolute Gasteiger partial charge is 0.0790 e. The number of halogens is 2. The van der Waals surface area contributed by atoms with Crippen molar-refractivity contribution in [1.82, 2.24) is 9.78 Å². The second-order valence-corrected chi connectivity index (χ2v) is 4.35. The van der Waals surface area contributed by atoms with E-state index >= 15 is 0 Å². The molecule has 1 aromatic heterocycles. The largest absolute Gasteiger partial charge is 0.239 e. The predicted octanol–water partition coefficient (Wildman–Crippen LogP) is 3.73. The van der Waals surface area contributed by atoms with E-state index in [4.69, 9.17) is 11.6 Å². The number of alkyl halides is 1. The van der Waals surface area contributed by atoms with E-state index in [9.17, 15) is 0 Å². The van der Waals surface area contributed by atoms with Gasteiger partial charge in [0.1, 0.15) is 0 Å². The number of aryl methyl sites for hydroxylation is 1. The van der Waals surface area contributed by atoms with Crippen LogP contribution >= 0.6 is 27.5 Å². The first-order chi connectivity index (χ1) is 7.20. The summed E-state index contributed by atoms with van der Waals surface area (Å²) >= 11 is 9.26. The van der Waals surface area contributed by atoms with E-state index in [0.717, 1.165) is 11.0 Å². The molecule has 2 aromatic rings. The first-order valence-electron chi connectivity index (χ1n) is 4.57. The molecule has 1 heterocycles. The van der Waals surface area contributed by atoms with Crippen LogP contribution in [0.2, 0.25) is 5.02 Å². The summed E-state index contributed by atoms with van der Waals surface area (Å²) in [5, 5.41) is 5.70. The minimum absolute atomic E-state index is 0.652. The molecular formula is C11H10BrClN2. The summed E-state index contributed by atoms with van der Waals surface area (Å²) in [4.78, 5) is 0. The van der Waals surface area contributed by atoms with Crippen LogP contribution in [-0.4, -0.2) is 9.78 Å². The molecule has 0 aliphatic carbocycles. The van der Waals surface area contributed by atoms with Crippen LogP contribution in [0.15, 0.2) is 30.6 Å². The van der Waals surface area contributed by atoms with Gasteiger partial charge in [-0.2, -0.15) is 5.10 Å². The minimum Gasteiger partial charge on any atom is -0.239 e. The number of hydrogen-bond donors (Lipinski definition) is 0. The minimum atomic E-state index is 0.652. The van der Waals surface area contributed by atoms with Crippen LogP contribution in [0, 0.1) is 6.92 Å². The molecule has 1 aromatic carbocycles. The zero-order valence-corrected chi connectivity index (χ0v) is 10.6. The highest BCUT2D eigenvalue weighted by Gasteiger charge is 2.03. The summed E-state index contributed by atoms with van der Waals surface area (Å²) in [6, 6.07) is 6.27. The maximum atomic E-state index is 5.83. The van der Waals surface area contributed by atoms with E-state index in [1.54, 1.807) is 17.1 Å². The number of hydrogen-bond acceptors (Lipinski definition) is 1. The van der Waals surface area contributed by atoms with Crippen molar-refractivity contribution in [2.24, 2.45) is 0 Å². The third-order valence-corrected chi connectivity index (χ3v) is 3.06. The van der Waals surface area contributed by atoms with Crippen LogP contribution in [0.25, 0.3) is 5.69 Å². The molecule has 15 heavy (non-hydrogen) atoms. The Morgan fingerprint density at radius 2 is 2.27 bits per heavy atom. The molecule has 0 aliphatic rings. The molecule has 0 spiro atoms. The molecule has 0 saturated carbocycles. The lowest BCUT2D eigenvalue weighted by Crippen LogP contribution is -1.97. The average Bonchev–Trinajstić information content (AvgIpc) is 2.64. The first kappa shape index (κ1) is 10.7. The van der Waals surface area contributed by atoms with Crippen molar-refractivity contribution in [1.29, 1.82) is 0 Å². The highest BCUT2D eigenvalue weighted by atomic mass is 79.9. The van der Waals surface area contributed by atoms with E-state index in [2.05, 4.69) is 46.2 Å². The van der Waals surface area contributed by atoms with Crippen LogP contribution in [0.3, 0.4) is 0 Å². The molecule has 0 aliphatic heterocycles. The van der Waals surface area contributed by atoms with Crippen molar-refractivity contribution in [3.8, 4) is 5.69 Å². The number of rotatable bonds is 2. The third-order valence-electron chi connectivity index (χ3n) is 2.21. The topological polar surface area (TPSA) is 17.8 Å². The van der Waals surface area contributed by atoms with Gasteiger partial charge in [-0.3, -0.25) is 0 Å². The maximum absolute atomic E-state index is 5.83. The number of benzene rings is 1. The Morgan fingerprint density at radius 3 is 2.80 bits per heavy atom. The lowest BCUT2D eigenvalue weighted by molar-refractivity contribution is 0.872. The summed E-state index contributed by atoms with van der Waals surface area (Å²) in [5.41, 5.74) is 3.51. The molecule has 0 atom stereocenters. The van der Waals surface area contributed by atoms with Gasteiger partial charge in [0.2, 0.25) is 0 Å². The van der Waals surface area contributed by atoms with Crippen LogP contribution < -0.4 is 0 Å². The fourth-order valence-corrected chi connectivity index (χ4v) is 1.98. The van der Waals surface area contributed by atoms with Crippen molar-refractivity contribution >= 4 is 27.5 Å². The number of nitrogens with zero attached hydrogens (tertiary/aromatic N) is 2. The molecular weight excluding hydrogens is 275 g/mol. The fourth-order valence-electron chi connectivity index (χ4n) is 1.49. The standard InChI is InChI=1S/C11H10BrClN2/c1-8-4-9(5-12)2-3-11(8)15-7-10(13)6-14-15/h2-4,6-7H,5H2,1H3. The molecule has 0 bridgehead atoms.